The van der Waals surface area contributed by atoms with Crippen LogP contribution in [0.25, 0.3) is 0 Å². The zero-order valence-corrected chi connectivity index (χ0v) is 20.8. The number of benzene rings is 1. The van der Waals surface area contributed by atoms with Crippen molar-refractivity contribution in [1.29, 1.82) is 0 Å². The highest BCUT2D eigenvalue weighted by molar-refractivity contribution is 6.16. The van der Waals surface area contributed by atoms with Crippen molar-refractivity contribution in [1.82, 2.24) is 20.5 Å². The summed E-state index contributed by atoms with van der Waals surface area (Å²) in [5.74, 6) is 0.484. The van der Waals surface area contributed by atoms with Gasteiger partial charge < -0.3 is 20.9 Å². The van der Waals surface area contributed by atoms with Crippen LogP contribution >= 0.6 is 0 Å². The van der Waals surface area contributed by atoms with E-state index in [9.17, 15) is 14.4 Å². The molecule has 9 nitrogen and oxygen atoms in total. The first-order chi connectivity index (χ1) is 17.0. The van der Waals surface area contributed by atoms with Crippen LogP contribution in [0.5, 0.6) is 0 Å². The fourth-order valence-corrected chi connectivity index (χ4v) is 4.26. The van der Waals surface area contributed by atoms with Crippen LogP contribution in [0.2, 0.25) is 0 Å². The summed E-state index contributed by atoms with van der Waals surface area (Å²) in [6.45, 7) is 11.6. The summed E-state index contributed by atoms with van der Waals surface area (Å²) in [4.78, 5) is 43.9. The van der Waals surface area contributed by atoms with Crippen LogP contribution < -0.4 is 20.9 Å². The van der Waals surface area contributed by atoms with Gasteiger partial charge in [-0.15, -0.1) is 0 Å². The number of piperidine rings is 1. The van der Waals surface area contributed by atoms with Crippen LogP contribution in [0, 0.1) is 5.92 Å². The van der Waals surface area contributed by atoms with Crippen molar-refractivity contribution in [2.24, 2.45) is 5.92 Å². The number of carbonyl (C=O) groups is 3. The van der Waals surface area contributed by atoms with Gasteiger partial charge in [-0.05, 0) is 63.3 Å². The van der Waals surface area contributed by atoms with Crippen LogP contribution in [0.15, 0.2) is 42.6 Å². The summed E-state index contributed by atoms with van der Waals surface area (Å²) in [6.07, 6.45) is 3.56. The third kappa shape index (κ3) is 6.86. The first-order valence-corrected chi connectivity index (χ1v) is 12.3. The fourth-order valence-electron chi connectivity index (χ4n) is 4.26. The van der Waals surface area contributed by atoms with Gasteiger partial charge >= 0.3 is 0 Å². The average Bonchev–Trinajstić information content (AvgIpc) is 3.01. The molecule has 0 saturated carbocycles. The number of nitrogens with one attached hydrogen (secondary N) is 3. The predicted octanol–water partition coefficient (Wildman–Crippen LogP) is 2.78. The smallest absolute Gasteiger partial charge is 0.257 e. The van der Waals surface area contributed by atoms with Gasteiger partial charge in [0.05, 0.1) is 16.9 Å². The largest absolute Gasteiger partial charge is 0.355 e. The van der Waals surface area contributed by atoms with Crippen LogP contribution in [-0.4, -0.2) is 66.9 Å². The molecule has 1 saturated heterocycles. The first kappa shape index (κ1) is 26.3. The summed E-state index contributed by atoms with van der Waals surface area (Å²) in [7, 11) is 0. The molecule has 2 aromatic rings. The van der Waals surface area contributed by atoms with E-state index in [-0.39, 0.29) is 23.6 Å². The molecule has 35 heavy (non-hydrogen) atoms. The molecular formula is C26H36N6O3. The van der Waals surface area contributed by atoms with E-state index >= 15 is 0 Å². The molecule has 4 rings (SSSR count). The van der Waals surface area contributed by atoms with Gasteiger partial charge in [-0.3, -0.25) is 19.3 Å². The number of amides is 3. The van der Waals surface area contributed by atoms with E-state index < -0.39 is 0 Å². The summed E-state index contributed by atoms with van der Waals surface area (Å²) in [6, 6.07) is 10.4. The number of carbonyl (C=O) groups excluding carboxylic acids is 3. The monoisotopic (exact) mass is 480 g/mol. The highest BCUT2D eigenvalue weighted by atomic mass is 16.2. The molecule has 9 heteroatoms. The van der Waals surface area contributed by atoms with E-state index in [1.807, 2.05) is 0 Å². The molecule has 0 unspecified atom stereocenters. The lowest BCUT2D eigenvalue weighted by atomic mass is 9.97. The standard InChI is InChI=1S/C14H11N3O2.C12H25N3O/c1-9(18)17-12-7-3-2-5-10(12)14(19)16-11-6-4-8-15-13(11)17;1-3-15(4-2)10-9-14-12(16)11-5-7-13-8-6-11/h2-8H,1H3,(H,16,19);11,13H,3-10H2,1-2H3,(H,14,16). The number of anilines is 3. The molecular weight excluding hydrogens is 444 g/mol. The maximum absolute atomic E-state index is 12.2. The highest BCUT2D eigenvalue weighted by Gasteiger charge is 2.28. The summed E-state index contributed by atoms with van der Waals surface area (Å²) < 4.78 is 0. The van der Waals surface area contributed by atoms with E-state index in [1.165, 1.54) is 11.8 Å². The quantitative estimate of drug-likeness (QED) is 0.587. The van der Waals surface area contributed by atoms with Gasteiger partial charge in [0.1, 0.15) is 0 Å². The molecule has 0 spiro atoms. The van der Waals surface area contributed by atoms with Gasteiger partial charge in [-0.2, -0.15) is 0 Å². The summed E-state index contributed by atoms with van der Waals surface area (Å²) in [5, 5.41) is 9.09. The Balaban J connectivity index is 0.000000199. The van der Waals surface area contributed by atoms with Crippen LogP contribution in [0.3, 0.4) is 0 Å². The third-order valence-corrected chi connectivity index (χ3v) is 6.28. The minimum Gasteiger partial charge on any atom is -0.355 e. The van der Waals surface area contributed by atoms with Gasteiger partial charge in [0.25, 0.3) is 5.91 Å². The molecule has 188 valence electrons. The lowest BCUT2D eigenvalue weighted by Crippen LogP contribution is -2.41. The van der Waals surface area contributed by atoms with Crippen LogP contribution in [-0.2, 0) is 9.59 Å². The van der Waals surface area contributed by atoms with E-state index in [1.54, 1.807) is 42.6 Å². The number of nitrogens with zero attached hydrogens (tertiary/aromatic N) is 3. The van der Waals surface area contributed by atoms with Gasteiger partial charge in [-0.1, -0.05) is 26.0 Å². The molecule has 0 atom stereocenters. The highest BCUT2D eigenvalue weighted by Crippen LogP contribution is 2.35. The maximum Gasteiger partial charge on any atom is 0.257 e. The molecule has 3 N–H and O–H groups in total. The second kappa shape index (κ2) is 13.0. The Morgan fingerprint density at radius 2 is 1.83 bits per heavy atom. The van der Waals surface area contributed by atoms with Crippen molar-refractivity contribution in [3.05, 3.63) is 48.2 Å². The summed E-state index contributed by atoms with van der Waals surface area (Å²) in [5.41, 5.74) is 1.53. The molecule has 3 heterocycles. The molecule has 1 fully saturated rings. The first-order valence-electron chi connectivity index (χ1n) is 12.3. The lowest BCUT2D eigenvalue weighted by Gasteiger charge is -2.23. The van der Waals surface area contributed by atoms with E-state index in [4.69, 9.17) is 0 Å². The zero-order valence-electron chi connectivity index (χ0n) is 20.8. The Morgan fingerprint density at radius 1 is 1.11 bits per heavy atom. The molecule has 2 aliphatic heterocycles. The molecule has 1 aromatic carbocycles. The molecule has 0 radical (unpaired) electrons. The Morgan fingerprint density at radius 3 is 2.51 bits per heavy atom. The predicted molar refractivity (Wildman–Crippen MR) is 138 cm³/mol. The van der Waals surface area contributed by atoms with Crippen molar-refractivity contribution >= 4 is 34.9 Å². The van der Waals surface area contributed by atoms with Gasteiger partial charge in [-0.25, -0.2) is 4.98 Å². The van der Waals surface area contributed by atoms with Crippen molar-refractivity contribution in [3.8, 4) is 0 Å². The lowest BCUT2D eigenvalue weighted by molar-refractivity contribution is -0.125. The number of aromatic nitrogens is 1. The Hall–Kier alpha value is -3.30. The maximum atomic E-state index is 12.2. The minimum atomic E-state index is -0.242. The molecule has 0 bridgehead atoms. The number of rotatable bonds is 6. The topological polar surface area (TPSA) is 107 Å². The Kier molecular flexibility index (Phi) is 9.75. The number of likely N-dealkylation sites (N-methyl/N-ethyl adjacent to an activating group) is 1. The van der Waals surface area contributed by atoms with Gasteiger partial charge in [0.2, 0.25) is 11.8 Å². The SMILES string of the molecule is CC(=O)N1c2ccccc2C(=O)Nc2cccnc21.CCN(CC)CCNC(=O)C1CCNCC1. The summed E-state index contributed by atoms with van der Waals surface area (Å²) >= 11 is 0. The number of para-hydroxylation sites is 1. The Bertz CT molecular complexity index is 1020. The van der Waals surface area contributed by atoms with Crippen LogP contribution in [0.1, 0.15) is 44.0 Å². The molecule has 3 amide bonds. The normalized spacial score (nSPS) is 15.2. The Labute approximate surface area is 207 Å². The second-order valence-corrected chi connectivity index (χ2v) is 8.54. The second-order valence-electron chi connectivity index (χ2n) is 8.54. The minimum absolute atomic E-state index is 0.191. The third-order valence-electron chi connectivity index (χ3n) is 6.28. The van der Waals surface area contributed by atoms with Crippen molar-refractivity contribution in [2.75, 3.05) is 49.5 Å². The van der Waals surface area contributed by atoms with E-state index in [0.717, 1.165) is 52.1 Å². The van der Waals surface area contributed by atoms with Crippen molar-refractivity contribution < 1.29 is 14.4 Å². The molecule has 1 aromatic heterocycles. The fraction of sp³-hybridized carbons (Fsp3) is 0.462. The average molecular weight is 481 g/mol. The number of hydrogen-bond acceptors (Lipinski definition) is 6. The van der Waals surface area contributed by atoms with Crippen LogP contribution in [0.4, 0.5) is 17.2 Å². The van der Waals surface area contributed by atoms with Gasteiger partial charge in [0, 0.05) is 32.1 Å². The number of hydrogen-bond donors (Lipinski definition) is 3. The number of pyridine rings is 1. The van der Waals surface area contributed by atoms with E-state index in [2.05, 4.69) is 39.7 Å². The van der Waals surface area contributed by atoms with E-state index in [0.29, 0.717) is 22.8 Å². The van der Waals surface area contributed by atoms with Crippen molar-refractivity contribution in [2.45, 2.75) is 33.6 Å². The number of fused-ring (bicyclic) bond motifs is 2. The molecule has 2 aliphatic rings. The van der Waals surface area contributed by atoms with Gasteiger partial charge in [0.15, 0.2) is 5.82 Å². The zero-order chi connectivity index (χ0) is 25.2. The van der Waals surface area contributed by atoms with Crippen molar-refractivity contribution in [3.63, 3.8) is 0 Å². The molecule has 0 aliphatic carbocycles.